The van der Waals surface area contributed by atoms with Crippen LogP contribution in [0, 0.1) is 5.82 Å². The Morgan fingerprint density at radius 3 is 2.46 bits per heavy atom. The molecule has 0 unspecified atom stereocenters. The second-order valence-electron chi connectivity index (χ2n) is 7.06. The van der Waals surface area contributed by atoms with Crippen LogP contribution in [-0.2, 0) is 0 Å². The van der Waals surface area contributed by atoms with Gasteiger partial charge in [0.1, 0.15) is 11.6 Å². The molecular formula is C22H22ClFN4. The Kier molecular flexibility index (Phi) is 5.72. The highest BCUT2D eigenvalue weighted by Gasteiger charge is 2.16. The van der Waals surface area contributed by atoms with Crippen LogP contribution in [0.2, 0.25) is 5.02 Å². The van der Waals surface area contributed by atoms with E-state index in [-0.39, 0.29) is 5.82 Å². The Bertz CT molecular complexity index is 943. The van der Waals surface area contributed by atoms with Crippen molar-refractivity contribution in [3.63, 3.8) is 0 Å². The van der Waals surface area contributed by atoms with Crippen molar-refractivity contribution >= 4 is 29.1 Å². The van der Waals surface area contributed by atoms with Gasteiger partial charge in [0.05, 0.1) is 16.4 Å². The number of rotatable bonds is 5. The third-order valence-electron chi connectivity index (χ3n) is 4.93. The standard InChI is InChI=1S/C22H22ClFN4/c23-18-13-16(24)11-12-19(18)26-21-14-20(15-7-3-1-4-8-15)27-22(28-21)25-17-9-5-2-6-10-17/h1,3-4,7-8,11-14,17H,2,5-6,9-10H2,(H2,25,26,27,28). The molecule has 1 fully saturated rings. The summed E-state index contributed by atoms with van der Waals surface area (Å²) in [6.07, 6.45) is 6.01. The molecule has 2 aromatic carbocycles. The molecule has 0 saturated heterocycles. The molecule has 0 radical (unpaired) electrons. The Morgan fingerprint density at radius 2 is 1.71 bits per heavy atom. The quantitative estimate of drug-likeness (QED) is 0.522. The van der Waals surface area contributed by atoms with Crippen LogP contribution in [0.25, 0.3) is 11.3 Å². The lowest BCUT2D eigenvalue weighted by atomic mass is 9.96. The maximum absolute atomic E-state index is 13.3. The van der Waals surface area contributed by atoms with E-state index in [1.165, 1.54) is 31.4 Å². The average Bonchev–Trinajstić information content (AvgIpc) is 2.71. The van der Waals surface area contributed by atoms with Gasteiger partial charge in [0.2, 0.25) is 5.95 Å². The lowest BCUT2D eigenvalue weighted by Gasteiger charge is -2.23. The molecule has 3 aromatic rings. The van der Waals surface area contributed by atoms with Gasteiger partial charge in [-0.25, -0.2) is 9.37 Å². The molecule has 2 N–H and O–H groups in total. The molecular weight excluding hydrogens is 375 g/mol. The fraction of sp³-hybridized carbons (Fsp3) is 0.273. The number of nitrogens with zero attached hydrogens (tertiary/aromatic N) is 2. The lowest BCUT2D eigenvalue weighted by Crippen LogP contribution is -2.23. The van der Waals surface area contributed by atoms with Crippen molar-refractivity contribution in [2.24, 2.45) is 0 Å². The summed E-state index contributed by atoms with van der Waals surface area (Å²) < 4.78 is 13.3. The third kappa shape index (κ3) is 4.60. The van der Waals surface area contributed by atoms with E-state index in [1.807, 2.05) is 36.4 Å². The highest BCUT2D eigenvalue weighted by Crippen LogP contribution is 2.29. The van der Waals surface area contributed by atoms with Gasteiger partial charge in [0, 0.05) is 17.7 Å². The molecule has 1 aliphatic carbocycles. The molecule has 0 spiro atoms. The van der Waals surface area contributed by atoms with E-state index in [2.05, 4.69) is 15.6 Å². The van der Waals surface area contributed by atoms with Gasteiger partial charge in [-0.3, -0.25) is 0 Å². The highest BCUT2D eigenvalue weighted by atomic mass is 35.5. The molecule has 0 atom stereocenters. The van der Waals surface area contributed by atoms with Gasteiger partial charge in [-0.2, -0.15) is 4.98 Å². The largest absolute Gasteiger partial charge is 0.351 e. The van der Waals surface area contributed by atoms with E-state index in [0.717, 1.165) is 24.1 Å². The Labute approximate surface area is 169 Å². The summed E-state index contributed by atoms with van der Waals surface area (Å²) in [5.41, 5.74) is 2.42. The fourth-order valence-electron chi connectivity index (χ4n) is 3.49. The minimum absolute atomic E-state index is 0.307. The Hall–Kier alpha value is -2.66. The van der Waals surface area contributed by atoms with Gasteiger partial charge in [0.15, 0.2) is 0 Å². The van der Waals surface area contributed by atoms with E-state index in [4.69, 9.17) is 16.6 Å². The van der Waals surface area contributed by atoms with E-state index < -0.39 is 0 Å². The van der Waals surface area contributed by atoms with E-state index in [9.17, 15) is 4.39 Å². The summed E-state index contributed by atoms with van der Waals surface area (Å²) in [5.74, 6) is 0.831. The lowest BCUT2D eigenvalue weighted by molar-refractivity contribution is 0.461. The summed E-state index contributed by atoms with van der Waals surface area (Å²) >= 11 is 6.17. The molecule has 1 heterocycles. The van der Waals surface area contributed by atoms with Crippen molar-refractivity contribution in [2.45, 2.75) is 38.1 Å². The number of aromatic nitrogens is 2. The fourth-order valence-corrected chi connectivity index (χ4v) is 3.71. The molecule has 4 rings (SSSR count). The van der Waals surface area contributed by atoms with Crippen molar-refractivity contribution in [1.82, 2.24) is 9.97 Å². The van der Waals surface area contributed by atoms with Crippen LogP contribution in [0.3, 0.4) is 0 Å². The Balaban J connectivity index is 1.66. The third-order valence-corrected chi connectivity index (χ3v) is 5.24. The van der Waals surface area contributed by atoms with Crippen LogP contribution < -0.4 is 10.6 Å². The summed E-state index contributed by atoms with van der Waals surface area (Å²) in [6.45, 7) is 0. The van der Waals surface area contributed by atoms with Gasteiger partial charge in [0.25, 0.3) is 0 Å². The molecule has 1 aliphatic rings. The van der Waals surface area contributed by atoms with Crippen LogP contribution >= 0.6 is 11.6 Å². The van der Waals surface area contributed by atoms with E-state index in [1.54, 1.807) is 6.07 Å². The molecule has 0 bridgehead atoms. The van der Waals surface area contributed by atoms with Crippen molar-refractivity contribution in [1.29, 1.82) is 0 Å². The van der Waals surface area contributed by atoms with Crippen LogP contribution in [0.5, 0.6) is 0 Å². The second kappa shape index (κ2) is 8.57. The van der Waals surface area contributed by atoms with Gasteiger partial charge < -0.3 is 10.6 Å². The van der Waals surface area contributed by atoms with Crippen molar-refractivity contribution in [3.8, 4) is 11.3 Å². The molecule has 1 aromatic heterocycles. The number of benzene rings is 2. The number of hydrogen-bond acceptors (Lipinski definition) is 4. The zero-order valence-electron chi connectivity index (χ0n) is 15.5. The predicted octanol–water partition coefficient (Wildman–Crippen LogP) is 6.42. The monoisotopic (exact) mass is 396 g/mol. The van der Waals surface area contributed by atoms with Crippen LogP contribution in [0.1, 0.15) is 32.1 Å². The van der Waals surface area contributed by atoms with Gasteiger partial charge in [-0.15, -0.1) is 0 Å². The molecule has 144 valence electrons. The maximum Gasteiger partial charge on any atom is 0.225 e. The normalized spacial score (nSPS) is 14.6. The zero-order valence-corrected chi connectivity index (χ0v) is 16.2. The first-order chi connectivity index (χ1) is 13.7. The molecule has 4 nitrogen and oxygen atoms in total. The molecule has 1 saturated carbocycles. The maximum atomic E-state index is 13.3. The second-order valence-corrected chi connectivity index (χ2v) is 7.46. The van der Waals surface area contributed by atoms with Crippen LogP contribution in [0.4, 0.5) is 21.8 Å². The molecule has 6 heteroatoms. The number of halogens is 2. The summed E-state index contributed by atoms with van der Waals surface area (Å²) in [6, 6.07) is 16.5. The van der Waals surface area contributed by atoms with E-state index in [0.29, 0.717) is 28.5 Å². The first-order valence-corrected chi connectivity index (χ1v) is 9.98. The minimum Gasteiger partial charge on any atom is -0.351 e. The summed E-state index contributed by atoms with van der Waals surface area (Å²) in [5, 5.41) is 6.99. The average molecular weight is 397 g/mol. The number of hydrogen-bond donors (Lipinski definition) is 2. The smallest absolute Gasteiger partial charge is 0.225 e. The zero-order chi connectivity index (χ0) is 19.3. The number of nitrogens with one attached hydrogen (secondary N) is 2. The summed E-state index contributed by atoms with van der Waals surface area (Å²) in [7, 11) is 0. The predicted molar refractivity (Wildman–Crippen MR) is 113 cm³/mol. The van der Waals surface area contributed by atoms with Gasteiger partial charge in [-0.1, -0.05) is 61.2 Å². The SMILES string of the molecule is Fc1ccc(Nc2cc(-c3ccccc3)nc(NC3CCCCC3)n2)c(Cl)c1. The van der Waals surface area contributed by atoms with Gasteiger partial charge in [-0.05, 0) is 31.0 Å². The first-order valence-electron chi connectivity index (χ1n) is 9.60. The number of anilines is 3. The molecule has 28 heavy (non-hydrogen) atoms. The first kappa shape index (κ1) is 18.7. The molecule has 0 aliphatic heterocycles. The van der Waals surface area contributed by atoms with Gasteiger partial charge >= 0.3 is 0 Å². The topological polar surface area (TPSA) is 49.8 Å². The van der Waals surface area contributed by atoms with Crippen LogP contribution in [-0.4, -0.2) is 16.0 Å². The minimum atomic E-state index is -0.372. The Morgan fingerprint density at radius 1 is 0.929 bits per heavy atom. The highest BCUT2D eigenvalue weighted by molar-refractivity contribution is 6.33. The van der Waals surface area contributed by atoms with Crippen molar-refractivity contribution in [2.75, 3.05) is 10.6 Å². The van der Waals surface area contributed by atoms with E-state index >= 15 is 0 Å². The van der Waals surface area contributed by atoms with Crippen LogP contribution in [0.15, 0.2) is 54.6 Å². The molecule has 0 amide bonds. The summed E-state index contributed by atoms with van der Waals surface area (Å²) in [4.78, 5) is 9.35. The van der Waals surface area contributed by atoms with Crippen molar-refractivity contribution in [3.05, 3.63) is 65.4 Å². The van der Waals surface area contributed by atoms with Crippen molar-refractivity contribution < 1.29 is 4.39 Å².